The molecule has 0 aliphatic heterocycles. The summed E-state index contributed by atoms with van der Waals surface area (Å²) in [6.45, 7) is 1.39. The summed E-state index contributed by atoms with van der Waals surface area (Å²) in [5.74, 6) is -1.08. The van der Waals surface area contributed by atoms with Gasteiger partial charge in [-0.15, -0.1) is 0 Å². The quantitative estimate of drug-likeness (QED) is 0.537. The van der Waals surface area contributed by atoms with Crippen LogP contribution in [0.5, 0.6) is 0 Å². The number of hydrogen-bond acceptors (Lipinski definition) is 3. The van der Waals surface area contributed by atoms with Crippen LogP contribution in [-0.4, -0.2) is 27.7 Å². The Morgan fingerprint density at radius 3 is 2.50 bits per heavy atom. The lowest BCUT2D eigenvalue weighted by molar-refractivity contribution is -0.142. The van der Waals surface area contributed by atoms with Crippen LogP contribution in [0.1, 0.15) is 19.8 Å². The highest BCUT2D eigenvalue weighted by atomic mass is 31.1. The van der Waals surface area contributed by atoms with Crippen molar-refractivity contribution in [2.75, 3.05) is 6.16 Å². The molecule has 4 N–H and O–H groups in total. The molecule has 0 aliphatic rings. The number of hydrogen-bond donors (Lipinski definition) is 3. The fraction of sp³-hybridized carbons (Fsp3) is 0.833. The molecule has 0 saturated carbocycles. The second-order valence-corrected chi connectivity index (χ2v) is 4.26. The SMILES string of the molecule is CC(N)(CCC[PH](=O)O)C(=O)O. The zero-order valence-corrected chi connectivity index (χ0v) is 7.91. The third kappa shape index (κ3) is 4.49. The summed E-state index contributed by atoms with van der Waals surface area (Å²) in [6, 6.07) is 0. The van der Waals surface area contributed by atoms with Gasteiger partial charge < -0.3 is 15.7 Å². The standard InChI is InChI=1S/C6H14NO4P/c1-6(7,5(8)9)3-2-4-12(10)11/h12H,2-4,7H2,1H3,(H,8,9)(H,10,11). The molecule has 0 aromatic carbocycles. The van der Waals surface area contributed by atoms with Gasteiger partial charge >= 0.3 is 5.97 Å². The lowest BCUT2D eigenvalue weighted by Gasteiger charge is -2.17. The van der Waals surface area contributed by atoms with E-state index in [1.165, 1.54) is 6.92 Å². The molecule has 0 aromatic heterocycles. The molecule has 0 spiro atoms. The number of carbonyl (C=O) groups is 1. The predicted octanol–water partition coefficient (Wildman–Crippen LogP) is 0.0356. The molecule has 0 amide bonds. The van der Waals surface area contributed by atoms with Gasteiger partial charge in [0, 0.05) is 6.16 Å². The minimum Gasteiger partial charge on any atom is -0.480 e. The Balaban J connectivity index is 3.76. The van der Waals surface area contributed by atoms with Crippen LogP contribution in [0.4, 0.5) is 0 Å². The molecule has 0 fully saturated rings. The van der Waals surface area contributed by atoms with E-state index in [0.29, 0.717) is 6.42 Å². The third-order valence-electron chi connectivity index (χ3n) is 1.58. The number of carboxylic acid groups (broad SMARTS) is 1. The van der Waals surface area contributed by atoms with Gasteiger partial charge in [0.25, 0.3) is 0 Å². The molecule has 0 aromatic rings. The van der Waals surface area contributed by atoms with E-state index < -0.39 is 19.5 Å². The Morgan fingerprint density at radius 2 is 2.17 bits per heavy atom. The molecule has 72 valence electrons. The molecule has 0 aliphatic carbocycles. The first kappa shape index (κ1) is 11.6. The van der Waals surface area contributed by atoms with Gasteiger partial charge in [-0.25, -0.2) is 0 Å². The van der Waals surface area contributed by atoms with Crippen molar-refractivity contribution in [1.82, 2.24) is 0 Å². The lowest BCUT2D eigenvalue weighted by Crippen LogP contribution is -2.44. The Hall–Kier alpha value is -0.380. The summed E-state index contributed by atoms with van der Waals surface area (Å²) in [5, 5.41) is 8.55. The molecular weight excluding hydrogens is 181 g/mol. The molecule has 0 saturated heterocycles. The van der Waals surface area contributed by atoms with E-state index in [1.807, 2.05) is 0 Å². The highest BCUT2D eigenvalue weighted by Gasteiger charge is 2.26. The van der Waals surface area contributed by atoms with Crippen LogP contribution in [0, 0.1) is 0 Å². The van der Waals surface area contributed by atoms with E-state index in [2.05, 4.69) is 0 Å². The van der Waals surface area contributed by atoms with Gasteiger partial charge in [-0.05, 0) is 19.8 Å². The van der Waals surface area contributed by atoms with Crippen LogP contribution >= 0.6 is 8.03 Å². The van der Waals surface area contributed by atoms with E-state index >= 15 is 0 Å². The van der Waals surface area contributed by atoms with Gasteiger partial charge in [0.15, 0.2) is 8.03 Å². The number of aliphatic carboxylic acids is 1. The largest absolute Gasteiger partial charge is 0.480 e. The summed E-state index contributed by atoms with van der Waals surface area (Å²) < 4.78 is 10.3. The first-order valence-electron chi connectivity index (χ1n) is 3.60. The number of carboxylic acids is 1. The van der Waals surface area contributed by atoms with Gasteiger partial charge in [0.05, 0.1) is 0 Å². The van der Waals surface area contributed by atoms with Gasteiger partial charge in [0.1, 0.15) is 5.54 Å². The zero-order chi connectivity index (χ0) is 9.78. The van der Waals surface area contributed by atoms with E-state index in [4.69, 9.17) is 15.7 Å². The fourth-order valence-corrected chi connectivity index (χ4v) is 1.19. The Bertz CT molecular complexity index is 192. The molecule has 2 atom stereocenters. The van der Waals surface area contributed by atoms with E-state index in [0.717, 1.165) is 0 Å². The monoisotopic (exact) mass is 195 g/mol. The molecule has 0 heterocycles. The van der Waals surface area contributed by atoms with Crippen molar-refractivity contribution < 1.29 is 19.4 Å². The minimum absolute atomic E-state index is 0.144. The van der Waals surface area contributed by atoms with Gasteiger partial charge in [-0.3, -0.25) is 9.36 Å². The van der Waals surface area contributed by atoms with Crippen molar-refractivity contribution in [1.29, 1.82) is 0 Å². The van der Waals surface area contributed by atoms with Crippen molar-refractivity contribution in [2.45, 2.75) is 25.3 Å². The molecule has 6 heteroatoms. The first-order chi connectivity index (χ1) is 5.36. The summed E-state index contributed by atoms with van der Waals surface area (Å²) in [6.07, 6.45) is 0.734. The molecule has 0 rings (SSSR count). The molecule has 2 unspecified atom stereocenters. The summed E-state index contributed by atoms with van der Waals surface area (Å²) in [5.41, 5.74) is 4.09. The summed E-state index contributed by atoms with van der Waals surface area (Å²) in [7, 11) is -2.48. The van der Waals surface area contributed by atoms with Crippen LogP contribution in [0.25, 0.3) is 0 Å². The Kier molecular flexibility index (Phi) is 4.45. The van der Waals surface area contributed by atoms with Crippen LogP contribution < -0.4 is 5.73 Å². The normalized spacial score (nSPS) is 18.2. The number of nitrogens with two attached hydrogens (primary N) is 1. The summed E-state index contributed by atoms with van der Waals surface area (Å²) in [4.78, 5) is 18.9. The Labute approximate surface area is 71.4 Å². The maximum atomic E-state index is 10.4. The van der Waals surface area contributed by atoms with Crippen LogP contribution in [0.3, 0.4) is 0 Å². The van der Waals surface area contributed by atoms with Gasteiger partial charge in [-0.1, -0.05) is 0 Å². The van der Waals surface area contributed by atoms with Crippen molar-refractivity contribution in [3.05, 3.63) is 0 Å². The van der Waals surface area contributed by atoms with Gasteiger partial charge in [0.2, 0.25) is 0 Å². The topological polar surface area (TPSA) is 101 Å². The number of rotatable bonds is 5. The second kappa shape index (κ2) is 4.60. The fourth-order valence-electron chi connectivity index (χ4n) is 0.714. The highest BCUT2D eigenvalue weighted by molar-refractivity contribution is 7.37. The molecule has 5 nitrogen and oxygen atoms in total. The predicted molar refractivity (Wildman–Crippen MR) is 45.5 cm³/mol. The average molecular weight is 195 g/mol. The van der Waals surface area contributed by atoms with Crippen molar-refractivity contribution >= 4 is 14.0 Å². The third-order valence-corrected chi connectivity index (χ3v) is 2.36. The van der Waals surface area contributed by atoms with Crippen molar-refractivity contribution in [2.24, 2.45) is 5.73 Å². The van der Waals surface area contributed by atoms with Crippen molar-refractivity contribution in [3.8, 4) is 0 Å². The van der Waals surface area contributed by atoms with Crippen LogP contribution in [-0.2, 0) is 9.36 Å². The van der Waals surface area contributed by atoms with Crippen LogP contribution in [0.2, 0.25) is 0 Å². The zero-order valence-electron chi connectivity index (χ0n) is 6.91. The highest BCUT2D eigenvalue weighted by Crippen LogP contribution is 2.18. The Morgan fingerprint density at radius 1 is 1.67 bits per heavy atom. The molecule has 12 heavy (non-hydrogen) atoms. The molecular formula is C6H14NO4P. The summed E-state index contributed by atoms with van der Waals surface area (Å²) >= 11 is 0. The van der Waals surface area contributed by atoms with E-state index in [1.54, 1.807) is 0 Å². The van der Waals surface area contributed by atoms with Gasteiger partial charge in [-0.2, -0.15) is 0 Å². The van der Waals surface area contributed by atoms with E-state index in [9.17, 15) is 9.36 Å². The van der Waals surface area contributed by atoms with E-state index in [-0.39, 0.29) is 12.6 Å². The smallest absolute Gasteiger partial charge is 0.323 e. The van der Waals surface area contributed by atoms with Crippen molar-refractivity contribution in [3.63, 3.8) is 0 Å². The maximum Gasteiger partial charge on any atom is 0.323 e. The first-order valence-corrected chi connectivity index (χ1v) is 5.16. The van der Waals surface area contributed by atoms with Crippen LogP contribution in [0.15, 0.2) is 0 Å². The molecule has 0 radical (unpaired) electrons. The molecule has 0 bridgehead atoms. The second-order valence-electron chi connectivity index (χ2n) is 2.97. The minimum atomic E-state index is -2.48. The maximum absolute atomic E-state index is 10.4. The average Bonchev–Trinajstić information content (AvgIpc) is 1.85. The lowest BCUT2D eigenvalue weighted by atomic mass is 9.98.